The Morgan fingerprint density at radius 1 is 0.806 bits per heavy atom. The van der Waals surface area contributed by atoms with Gasteiger partial charge in [-0.2, -0.15) is 0 Å². The van der Waals surface area contributed by atoms with Gasteiger partial charge in [-0.3, -0.25) is 0 Å². The highest BCUT2D eigenvalue weighted by Gasteiger charge is 2.14. The molecule has 0 aliphatic heterocycles. The van der Waals surface area contributed by atoms with Crippen LogP contribution < -0.4 is 21.3 Å². The van der Waals surface area contributed by atoms with E-state index in [1.165, 1.54) is 32.1 Å². The van der Waals surface area contributed by atoms with Crippen LogP contribution in [0, 0.1) is 6.92 Å². The zero-order chi connectivity index (χ0) is 21.5. The van der Waals surface area contributed by atoms with Crippen LogP contribution in [0.1, 0.15) is 37.9 Å². The lowest BCUT2D eigenvalue weighted by Crippen LogP contribution is -2.23. The number of anilines is 5. The van der Waals surface area contributed by atoms with Gasteiger partial charge in [-0.25, -0.2) is 14.8 Å². The second-order valence-corrected chi connectivity index (χ2v) is 7.81. The average molecular weight is 417 g/mol. The lowest BCUT2D eigenvalue weighted by atomic mass is 9.95. The fourth-order valence-corrected chi connectivity index (χ4v) is 3.76. The Hall–Kier alpha value is -3.61. The molecule has 3 aromatic rings. The molecule has 0 unspecified atom stereocenters. The van der Waals surface area contributed by atoms with Gasteiger partial charge in [-0.1, -0.05) is 37.5 Å². The first-order valence-corrected chi connectivity index (χ1v) is 10.8. The fourth-order valence-electron chi connectivity index (χ4n) is 3.76. The maximum Gasteiger partial charge on any atom is 0.323 e. The number of hydrogen-bond acceptors (Lipinski definition) is 5. The minimum Gasteiger partial charge on any atom is -0.367 e. The number of aryl methyl sites for hydroxylation is 1. The van der Waals surface area contributed by atoms with Crippen LogP contribution in [0.3, 0.4) is 0 Å². The molecule has 7 heteroatoms. The summed E-state index contributed by atoms with van der Waals surface area (Å²) in [6.07, 6.45) is 6.26. The standard InChI is InChI=1S/C24H28N6O/c1-17-25-22(27-18-8-4-2-5-9-18)16-23(26-17)28-20-12-14-21(15-13-20)30-24(31)29-19-10-6-3-7-11-19/h3,6-7,10-16,18H,2,4-5,8-9H2,1H3,(H2,29,30,31)(H2,25,26,27,28). The maximum atomic E-state index is 12.1. The highest BCUT2D eigenvalue weighted by Crippen LogP contribution is 2.23. The summed E-state index contributed by atoms with van der Waals surface area (Å²) in [6.45, 7) is 1.90. The van der Waals surface area contributed by atoms with E-state index >= 15 is 0 Å². The molecule has 0 saturated heterocycles. The lowest BCUT2D eigenvalue weighted by Gasteiger charge is -2.23. The van der Waals surface area contributed by atoms with Crippen LogP contribution in [-0.4, -0.2) is 22.0 Å². The summed E-state index contributed by atoms with van der Waals surface area (Å²) < 4.78 is 0. The third-order valence-electron chi connectivity index (χ3n) is 5.24. The molecule has 1 aliphatic carbocycles. The largest absolute Gasteiger partial charge is 0.367 e. The van der Waals surface area contributed by atoms with Gasteiger partial charge in [0.2, 0.25) is 0 Å². The monoisotopic (exact) mass is 416 g/mol. The van der Waals surface area contributed by atoms with E-state index in [0.29, 0.717) is 11.7 Å². The molecule has 31 heavy (non-hydrogen) atoms. The topological polar surface area (TPSA) is 91.0 Å². The number of benzene rings is 2. The fraction of sp³-hybridized carbons (Fsp3) is 0.292. The van der Waals surface area contributed by atoms with E-state index in [9.17, 15) is 4.79 Å². The van der Waals surface area contributed by atoms with Crippen molar-refractivity contribution in [3.05, 3.63) is 66.5 Å². The van der Waals surface area contributed by atoms with Gasteiger partial charge in [0, 0.05) is 29.2 Å². The minimum absolute atomic E-state index is 0.281. The highest BCUT2D eigenvalue weighted by atomic mass is 16.2. The Labute approximate surface area is 182 Å². The Kier molecular flexibility index (Phi) is 6.62. The van der Waals surface area contributed by atoms with Crippen LogP contribution >= 0.6 is 0 Å². The number of aromatic nitrogens is 2. The zero-order valence-corrected chi connectivity index (χ0v) is 17.7. The molecule has 0 bridgehead atoms. The first kappa shape index (κ1) is 20.7. The molecule has 1 fully saturated rings. The third-order valence-corrected chi connectivity index (χ3v) is 5.24. The Balaban J connectivity index is 1.35. The predicted octanol–water partition coefficient (Wildman–Crippen LogP) is 5.92. The molecule has 0 atom stereocenters. The van der Waals surface area contributed by atoms with E-state index in [0.717, 1.165) is 28.8 Å². The highest BCUT2D eigenvalue weighted by molar-refractivity contribution is 5.99. The molecule has 1 saturated carbocycles. The van der Waals surface area contributed by atoms with Crippen LogP contribution in [0.15, 0.2) is 60.7 Å². The Morgan fingerprint density at radius 2 is 1.42 bits per heavy atom. The van der Waals surface area contributed by atoms with Crippen molar-refractivity contribution in [3.63, 3.8) is 0 Å². The van der Waals surface area contributed by atoms with E-state index in [1.807, 2.05) is 67.6 Å². The first-order valence-electron chi connectivity index (χ1n) is 10.8. The number of carbonyl (C=O) groups is 1. The molecule has 160 valence electrons. The normalized spacial score (nSPS) is 14.0. The molecule has 0 spiro atoms. The van der Waals surface area contributed by atoms with Crippen molar-refractivity contribution in [3.8, 4) is 0 Å². The number of rotatable bonds is 6. The number of nitrogens with one attached hydrogen (secondary N) is 4. The molecule has 2 amide bonds. The summed E-state index contributed by atoms with van der Waals surface area (Å²) in [4.78, 5) is 21.2. The van der Waals surface area contributed by atoms with Gasteiger partial charge >= 0.3 is 6.03 Å². The van der Waals surface area contributed by atoms with E-state index in [-0.39, 0.29) is 6.03 Å². The van der Waals surface area contributed by atoms with Gasteiger partial charge in [0.1, 0.15) is 17.5 Å². The molecule has 4 N–H and O–H groups in total. The molecule has 4 rings (SSSR count). The molecule has 2 aromatic carbocycles. The maximum absolute atomic E-state index is 12.1. The van der Waals surface area contributed by atoms with Crippen molar-refractivity contribution in [2.45, 2.75) is 45.1 Å². The predicted molar refractivity (Wildman–Crippen MR) is 126 cm³/mol. The van der Waals surface area contributed by atoms with Gasteiger partial charge in [0.05, 0.1) is 0 Å². The summed E-state index contributed by atoms with van der Waals surface area (Å²) in [5.74, 6) is 2.32. The number of urea groups is 1. The average Bonchev–Trinajstić information content (AvgIpc) is 2.76. The van der Waals surface area contributed by atoms with Crippen LogP contribution in [0.4, 0.5) is 33.5 Å². The molecular weight excluding hydrogens is 388 g/mol. The van der Waals surface area contributed by atoms with Crippen molar-refractivity contribution in [1.29, 1.82) is 0 Å². The molecule has 1 aromatic heterocycles. The number of nitrogens with zero attached hydrogens (tertiary/aromatic N) is 2. The van der Waals surface area contributed by atoms with Gasteiger partial charge in [0.25, 0.3) is 0 Å². The summed E-state index contributed by atoms with van der Waals surface area (Å²) in [5.41, 5.74) is 2.34. The first-order chi connectivity index (χ1) is 15.1. The number of para-hydroxylation sites is 1. The number of amides is 2. The van der Waals surface area contributed by atoms with Gasteiger partial charge in [-0.05, 0) is 56.2 Å². The van der Waals surface area contributed by atoms with Crippen molar-refractivity contribution in [1.82, 2.24) is 9.97 Å². The molecular formula is C24H28N6O. The summed E-state index contributed by atoms with van der Waals surface area (Å²) in [7, 11) is 0. The zero-order valence-electron chi connectivity index (χ0n) is 17.7. The van der Waals surface area contributed by atoms with E-state index in [1.54, 1.807) is 0 Å². The van der Waals surface area contributed by atoms with Crippen molar-refractivity contribution >= 4 is 34.7 Å². The van der Waals surface area contributed by atoms with Crippen LogP contribution in [0.5, 0.6) is 0 Å². The Bertz CT molecular complexity index is 1000. The minimum atomic E-state index is -0.281. The van der Waals surface area contributed by atoms with Gasteiger partial charge in [-0.15, -0.1) is 0 Å². The molecule has 7 nitrogen and oxygen atoms in total. The van der Waals surface area contributed by atoms with Crippen LogP contribution in [0.2, 0.25) is 0 Å². The smallest absolute Gasteiger partial charge is 0.323 e. The number of carbonyl (C=O) groups excluding carboxylic acids is 1. The summed E-state index contributed by atoms with van der Waals surface area (Å²) in [6, 6.07) is 19.0. The molecule has 1 aliphatic rings. The van der Waals surface area contributed by atoms with Crippen LogP contribution in [-0.2, 0) is 0 Å². The molecule has 0 radical (unpaired) electrons. The van der Waals surface area contributed by atoms with Crippen LogP contribution in [0.25, 0.3) is 0 Å². The number of hydrogen-bond donors (Lipinski definition) is 4. The summed E-state index contributed by atoms with van der Waals surface area (Å²) >= 11 is 0. The van der Waals surface area contributed by atoms with Gasteiger partial charge < -0.3 is 21.3 Å². The van der Waals surface area contributed by atoms with Crippen molar-refractivity contribution in [2.24, 2.45) is 0 Å². The second kappa shape index (κ2) is 9.93. The second-order valence-electron chi connectivity index (χ2n) is 7.81. The van der Waals surface area contributed by atoms with E-state index < -0.39 is 0 Å². The SMILES string of the molecule is Cc1nc(Nc2ccc(NC(=O)Nc3ccccc3)cc2)cc(NC2CCCCC2)n1. The summed E-state index contributed by atoms with van der Waals surface area (Å²) in [5, 5.41) is 12.5. The van der Waals surface area contributed by atoms with E-state index in [2.05, 4.69) is 31.2 Å². The Morgan fingerprint density at radius 3 is 2.13 bits per heavy atom. The van der Waals surface area contributed by atoms with E-state index in [4.69, 9.17) is 0 Å². The van der Waals surface area contributed by atoms with Crippen molar-refractivity contribution < 1.29 is 4.79 Å². The van der Waals surface area contributed by atoms with Crippen molar-refractivity contribution in [2.75, 3.05) is 21.3 Å². The quantitative estimate of drug-likeness (QED) is 0.400. The molecule has 1 heterocycles. The lowest BCUT2D eigenvalue weighted by molar-refractivity contribution is 0.262. The van der Waals surface area contributed by atoms with Gasteiger partial charge in [0.15, 0.2) is 0 Å². The third kappa shape index (κ3) is 6.18.